The first kappa shape index (κ1) is 14.0. The fourth-order valence-electron chi connectivity index (χ4n) is 1.89. The van der Waals surface area contributed by atoms with Crippen LogP contribution in [0.1, 0.15) is 30.9 Å². The van der Waals surface area contributed by atoms with E-state index in [2.05, 4.69) is 43.8 Å². The lowest BCUT2D eigenvalue weighted by Crippen LogP contribution is -1.95. The molecule has 0 fully saturated rings. The van der Waals surface area contributed by atoms with Crippen LogP contribution in [0.4, 0.5) is 0 Å². The van der Waals surface area contributed by atoms with Crippen LogP contribution in [-0.2, 0) is 13.0 Å². The molecule has 0 N–H and O–H groups in total. The first-order valence-corrected chi connectivity index (χ1v) is 7.22. The van der Waals surface area contributed by atoms with Crippen molar-refractivity contribution in [1.29, 1.82) is 0 Å². The van der Waals surface area contributed by atoms with Crippen molar-refractivity contribution in [3.05, 3.63) is 59.7 Å². The van der Waals surface area contributed by atoms with Crippen LogP contribution < -0.4 is 4.74 Å². The fraction of sp³-hybridized carbons (Fsp3) is 0.294. The van der Waals surface area contributed by atoms with E-state index in [1.807, 2.05) is 24.3 Å². The molecule has 2 aromatic rings. The number of aryl methyl sites for hydroxylation is 1. The molecule has 0 radical (unpaired) electrons. The van der Waals surface area contributed by atoms with Gasteiger partial charge in [-0.1, -0.05) is 37.6 Å². The molecular weight excluding hydrogens is 252 g/mol. The minimum Gasteiger partial charge on any atom is -0.489 e. The zero-order valence-corrected chi connectivity index (χ0v) is 12.2. The second-order valence-corrected chi connectivity index (χ2v) is 5.22. The summed E-state index contributed by atoms with van der Waals surface area (Å²) in [6, 6.07) is 16.5. The van der Waals surface area contributed by atoms with Crippen LogP contribution in [0.3, 0.4) is 0 Å². The summed E-state index contributed by atoms with van der Waals surface area (Å²) in [5.41, 5.74) is 2.61. The van der Waals surface area contributed by atoms with Gasteiger partial charge in [-0.3, -0.25) is 0 Å². The Morgan fingerprint density at radius 2 is 1.53 bits per heavy atom. The molecule has 0 saturated heterocycles. The molecule has 0 heterocycles. The van der Waals surface area contributed by atoms with E-state index >= 15 is 0 Å². The van der Waals surface area contributed by atoms with Crippen molar-refractivity contribution in [2.75, 3.05) is 0 Å². The number of ether oxygens (including phenoxy) is 1. The molecule has 0 atom stereocenters. The smallest absolute Gasteiger partial charge is 0.119 e. The predicted molar refractivity (Wildman–Crippen MR) is 83.1 cm³/mol. The van der Waals surface area contributed by atoms with Gasteiger partial charge in [0.15, 0.2) is 0 Å². The molecule has 0 saturated carbocycles. The van der Waals surface area contributed by atoms with Crippen LogP contribution in [0, 0.1) is 0 Å². The van der Waals surface area contributed by atoms with E-state index in [0.717, 1.165) is 10.6 Å². The Hall–Kier alpha value is -1.41. The van der Waals surface area contributed by atoms with Gasteiger partial charge in [0.1, 0.15) is 12.4 Å². The van der Waals surface area contributed by atoms with Crippen molar-refractivity contribution >= 4 is 12.6 Å². The highest BCUT2D eigenvalue weighted by molar-refractivity contribution is 7.80. The number of unbranched alkanes of at least 4 members (excludes halogenated alkanes) is 1. The average Bonchev–Trinajstić information content (AvgIpc) is 2.46. The summed E-state index contributed by atoms with van der Waals surface area (Å²) in [5, 5.41) is 0. The third-order valence-electron chi connectivity index (χ3n) is 3.08. The van der Waals surface area contributed by atoms with E-state index in [9.17, 15) is 0 Å². The van der Waals surface area contributed by atoms with Crippen molar-refractivity contribution in [2.24, 2.45) is 0 Å². The molecule has 0 bridgehead atoms. The minimum absolute atomic E-state index is 0.611. The maximum Gasteiger partial charge on any atom is 0.119 e. The van der Waals surface area contributed by atoms with Crippen LogP contribution >= 0.6 is 12.6 Å². The third kappa shape index (κ3) is 4.64. The fourth-order valence-corrected chi connectivity index (χ4v) is 2.04. The van der Waals surface area contributed by atoms with Crippen molar-refractivity contribution < 1.29 is 4.74 Å². The SMILES string of the molecule is CCCCc1ccc(COc2ccc(S)cc2)cc1. The first-order valence-electron chi connectivity index (χ1n) is 6.77. The molecule has 0 amide bonds. The Labute approximate surface area is 121 Å². The molecule has 1 nitrogen and oxygen atoms in total. The van der Waals surface area contributed by atoms with E-state index in [4.69, 9.17) is 4.74 Å². The van der Waals surface area contributed by atoms with E-state index < -0.39 is 0 Å². The molecule has 0 aliphatic carbocycles. The number of benzene rings is 2. The third-order valence-corrected chi connectivity index (χ3v) is 3.38. The highest BCUT2D eigenvalue weighted by Crippen LogP contribution is 2.16. The molecule has 0 aliphatic rings. The van der Waals surface area contributed by atoms with Crippen molar-refractivity contribution in [1.82, 2.24) is 0 Å². The lowest BCUT2D eigenvalue weighted by molar-refractivity contribution is 0.306. The lowest BCUT2D eigenvalue weighted by Gasteiger charge is -2.07. The quantitative estimate of drug-likeness (QED) is 0.736. The van der Waals surface area contributed by atoms with E-state index in [0.29, 0.717) is 6.61 Å². The summed E-state index contributed by atoms with van der Waals surface area (Å²) in [7, 11) is 0. The summed E-state index contributed by atoms with van der Waals surface area (Å²) in [6.07, 6.45) is 3.67. The topological polar surface area (TPSA) is 9.23 Å². The minimum atomic E-state index is 0.611. The van der Waals surface area contributed by atoms with Gasteiger partial charge in [-0.25, -0.2) is 0 Å². The molecule has 0 unspecified atom stereocenters. The average molecular weight is 272 g/mol. The molecule has 2 rings (SSSR count). The standard InChI is InChI=1S/C17H20OS/c1-2-3-4-14-5-7-15(8-6-14)13-18-16-9-11-17(19)12-10-16/h5-12,19H,2-4,13H2,1H3. The van der Waals surface area contributed by atoms with E-state index in [-0.39, 0.29) is 0 Å². The predicted octanol–water partition coefficient (Wildman–Crippen LogP) is 4.90. The number of thiol groups is 1. The van der Waals surface area contributed by atoms with Gasteiger partial charge < -0.3 is 4.74 Å². The van der Waals surface area contributed by atoms with Gasteiger partial charge in [-0.2, -0.15) is 0 Å². The van der Waals surface area contributed by atoms with Crippen molar-refractivity contribution in [3.8, 4) is 5.75 Å². The second-order valence-electron chi connectivity index (χ2n) is 4.70. The maximum atomic E-state index is 5.73. The monoisotopic (exact) mass is 272 g/mol. The van der Waals surface area contributed by atoms with Crippen LogP contribution in [0.5, 0.6) is 5.75 Å². The van der Waals surface area contributed by atoms with E-state index in [1.54, 1.807) is 0 Å². The Morgan fingerprint density at radius 1 is 0.895 bits per heavy atom. The zero-order chi connectivity index (χ0) is 13.5. The van der Waals surface area contributed by atoms with Gasteiger partial charge >= 0.3 is 0 Å². The van der Waals surface area contributed by atoms with Crippen LogP contribution in [0.15, 0.2) is 53.4 Å². The molecule has 0 aliphatic heterocycles. The van der Waals surface area contributed by atoms with Crippen molar-refractivity contribution in [3.63, 3.8) is 0 Å². The number of rotatable bonds is 6. The van der Waals surface area contributed by atoms with Gasteiger partial charge in [0.2, 0.25) is 0 Å². The highest BCUT2D eigenvalue weighted by Gasteiger charge is 1.97. The molecule has 0 spiro atoms. The van der Waals surface area contributed by atoms with Crippen LogP contribution in [0.25, 0.3) is 0 Å². The zero-order valence-electron chi connectivity index (χ0n) is 11.3. The molecule has 2 heteroatoms. The van der Waals surface area contributed by atoms with Gasteiger partial charge in [0.05, 0.1) is 0 Å². The summed E-state index contributed by atoms with van der Waals surface area (Å²) in [6.45, 7) is 2.83. The maximum absolute atomic E-state index is 5.73. The van der Waals surface area contributed by atoms with Gasteiger partial charge in [-0.05, 0) is 48.2 Å². The summed E-state index contributed by atoms with van der Waals surface area (Å²) >= 11 is 4.25. The molecule has 2 aromatic carbocycles. The lowest BCUT2D eigenvalue weighted by atomic mass is 10.1. The highest BCUT2D eigenvalue weighted by atomic mass is 32.1. The number of hydrogen-bond donors (Lipinski definition) is 1. The van der Waals surface area contributed by atoms with Crippen LogP contribution in [0.2, 0.25) is 0 Å². The van der Waals surface area contributed by atoms with Crippen molar-refractivity contribution in [2.45, 2.75) is 37.7 Å². The summed E-state index contributed by atoms with van der Waals surface area (Å²) < 4.78 is 5.73. The Morgan fingerprint density at radius 3 is 2.16 bits per heavy atom. The number of hydrogen-bond acceptors (Lipinski definition) is 2. The van der Waals surface area contributed by atoms with Gasteiger partial charge in [0, 0.05) is 4.90 Å². The first-order chi connectivity index (χ1) is 9.28. The largest absolute Gasteiger partial charge is 0.489 e. The summed E-state index contributed by atoms with van der Waals surface area (Å²) in [5.74, 6) is 0.882. The van der Waals surface area contributed by atoms with Gasteiger partial charge in [0.25, 0.3) is 0 Å². The molecule has 100 valence electrons. The Kier molecular flexibility index (Phi) is 5.34. The van der Waals surface area contributed by atoms with E-state index in [1.165, 1.54) is 30.4 Å². The molecule has 19 heavy (non-hydrogen) atoms. The Bertz CT molecular complexity index is 488. The Balaban J connectivity index is 1.87. The van der Waals surface area contributed by atoms with Gasteiger partial charge in [-0.15, -0.1) is 12.6 Å². The molecule has 0 aromatic heterocycles. The second kappa shape index (κ2) is 7.25. The normalized spacial score (nSPS) is 10.4. The summed E-state index contributed by atoms with van der Waals surface area (Å²) in [4.78, 5) is 0.952. The molecular formula is C17H20OS. The van der Waals surface area contributed by atoms with Crippen LogP contribution in [-0.4, -0.2) is 0 Å².